The molecule has 0 fully saturated rings. The van der Waals surface area contributed by atoms with Crippen LogP contribution in [0.2, 0.25) is 0 Å². The first-order chi connectivity index (χ1) is 7.41. The van der Waals surface area contributed by atoms with Crippen molar-refractivity contribution >= 4 is 27.5 Å². The van der Waals surface area contributed by atoms with Crippen molar-refractivity contribution in [1.29, 1.82) is 0 Å². The largest absolute Gasteiger partial charge is 0.398 e. The van der Waals surface area contributed by atoms with Gasteiger partial charge in [-0.25, -0.2) is 0 Å². The number of amides is 1. The number of anilines is 1. The van der Waals surface area contributed by atoms with Crippen molar-refractivity contribution in [3.8, 4) is 0 Å². The smallest absolute Gasteiger partial charge is 0.264 e. The Labute approximate surface area is 102 Å². The van der Waals surface area contributed by atoms with Crippen LogP contribution >= 0.6 is 15.9 Å². The second-order valence-electron chi connectivity index (χ2n) is 3.66. The standard InChI is InChI=1S/C10H14BrN3O2/c1-13(2)9(15)3-4-14-6-7(12)5-8(11)10(14)16/h5-6H,3-4,12H2,1-2H3. The average molecular weight is 288 g/mol. The van der Waals surface area contributed by atoms with E-state index >= 15 is 0 Å². The molecule has 0 radical (unpaired) electrons. The number of carbonyl (C=O) groups excluding carboxylic acids is 1. The molecule has 1 aromatic heterocycles. The first kappa shape index (κ1) is 12.8. The summed E-state index contributed by atoms with van der Waals surface area (Å²) in [5, 5.41) is 0. The van der Waals surface area contributed by atoms with Crippen molar-refractivity contribution in [3.05, 3.63) is 27.1 Å². The van der Waals surface area contributed by atoms with Crippen molar-refractivity contribution in [1.82, 2.24) is 9.47 Å². The van der Waals surface area contributed by atoms with E-state index in [4.69, 9.17) is 5.73 Å². The normalized spacial score (nSPS) is 10.2. The molecule has 0 aliphatic rings. The fourth-order valence-electron chi connectivity index (χ4n) is 1.23. The van der Waals surface area contributed by atoms with E-state index in [2.05, 4.69) is 15.9 Å². The Balaban J connectivity index is 2.82. The van der Waals surface area contributed by atoms with Crippen LogP contribution in [0.5, 0.6) is 0 Å². The predicted molar refractivity (Wildman–Crippen MR) is 66.1 cm³/mol. The molecule has 0 saturated heterocycles. The van der Waals surface area contributed by atoms with Crippen molar-refractivity contribution in [2.75, 3.05) is 19.8 Å². The van der Waals surface area contributed by atoms with Gasteiger partial charge in [0.05, 0.1) is 4.47 Å². The first-order valence-electron chi connectivity index (χ1n) is 4.77. The predicted octanol–water partition coefficient (Wildman–Crippen LogP) is 0.671. The fourth-order valence-corrected chi connectivity index (χ4v) is 1.72. The molecule has 1 amide bonds. The molecule has 5 nitrogen and oxygen atoms in total. The van der Waals surface area contributed by atoms with Gasteiger partial charge in [0.15, 0.2) is 0 Å². The van der Waals surface area contributed by atoms with Crippen LogP contribution in [0, 0.1) is 0 Å². The number of nitrogen functional groups attached to an aromatic ring is 1. The van der Waals surface area contributed by atoms with Gasteiger partial charge in [0.2, 0.25) is 5.91 Å². The van der Waals surface area contributed by atoms with E-state index < -0.39 is 0 Å². The zero-order chi connectivity index (χ0) is 12.3. The molecule has 0 spiro atoms. The highest BCUT2D eigenvalue weighted by atomic mass is 79.9. The molecule has 6 heteroatoms. The number of rotatable bonds is 3. The maximum Gasteiger partial charge on any atom is 0.264 e. The maximum atomic E-state index is 11.6. The van der Waals surface area contributed by atoms with Gasteiger partial charge in [0.25, 0.3) is 5.56 Å². The maximum absolute atomic E-state index is 11.6. The summed E-state index contributed by atoms with van der Waals surface area (Å²) in [5.74, 6) is -0.0227. The van der Waals surface area contributed by atoms with E-state index in [0.717, 1.165) is 0 Å². The number of nitrogens with two attached hydrogens (primary N) is 1. The monoisotopic (exact) mass is 287 g/mol. The SMILES string of the molecule is CN(C)C(=O)CCn1cc(N)cc(Br)c1=O. The number of nitrogens with zero attached hydrogens (tertiary/aromatic N) is 2. The molecule has 88 valence electrons. The van der Waals surface area contributed by atoms with Crippen LogP contribution in [0.3, 0.4) is 0 Å². The van der Waals surface area contributed by atoms with Crippen LogP contribution in [-0.2, 0) is 11.3 Å². The number of hydrogen-bond donors (Lipinski definition) is 1. The van der Waals surface area contributed by atoms with Crippen LogP contribution < -0.4 is 11.3 Å². The van der Waals surface area contributed by atoms with Gasteiger partial charge in [-0.05, 0) is 22.0 Å². The van der Waals surface area contributed by atoms with Crippen LogP contribution in [0.15, 0.2) is 21.5 Å². The van der Waals surface area contributed by atoms with Gasteiger partial charge in [-0.2, -0.15) is 0 Å². The van der Waals surface area contributed by atoms with Crippen LogP contribution in [0.4, 0.5) is 5.69 Å². The Morgan fingerprint density at radius 1 is 1.56 bits per heavy atom. The third-order valence-corrected chi connectivity index (χ3v) is 2.70. The molecule has 2 N–H and O–H groups in total. The van der Waals surface area contributed by atoms with Gasteiger partial charge in [-0.1, -0.05) is 0 Å². The number of halogens is 1. The lowest BCUT2D eigenvalue weighted by atomic mass is 10.3. The van der Waals surface area contributed by atoms with Crippen LogP contribution in [0.25, 0.3) is 0 Å². The molecule has 1 aromatic rings. The summed E-state index contributed by atoms with van der Waals surface area (Å²) in [6.07, 6.45) is 1.82. The molecule has 0 atom stereocenters. The number of aromatic nitrogens is 1. The Morgan fingerprint density at radius 2 is 2.19 bits per heavy atom. The Morgan fingerprint density at radius 3 is 2.75 bits per heavy atom. The highest BCUT2D eigenvalue weighted by molar-refractivity contribution is 9.10. The summed E-state index contributed by atoms with van der Waals surface area (Å²) in [7, 11) is 3.36. The number of aryl methyl sites for hydroxylation is 1. The molecular formula is C10H14BrN3O2. The highest BCUT2D eigenvalue weighted by Gasteiger charge is 2.07. The average Bonchev–Trinajstić information content (AvgIpc) is 2.20. The minimum Gasteiger partial charge on any atom is -0.398 e. The number of pyridine rings is 1. The third-order valence-electron chi connectivity index (χ3n) is 2.13. The van der Waals surface area contributed by atoms with E-state index in [1.54, 1.807) is 20.2 Å². The minimum absolute atomic E-state index is 0.0227. The second kappa shape index (κ2) is 5.16. The molecular weight excluding hydrogens is 274 g/mol. The Hall–Kier alpha value is -1.30. The second-order valence-corrected chi connectivity index (χ2v) is 4.51. The summed E-state index contributed by atoms with van der Waals surface area (Å²) in [5.41, 5.74) is 5.92. The van der Waals surface area contributed by atoms with E-state index in [-0.39, 0.29) is 17.9 Å². The zero-order valence-electron chi connectivity index (χ0n) is 9.24. The summed E-state index contributed by atoms with van der Waals surface area (Å²) in [6, 6.07) is 1.55. The minimum atomic E-state index is -0.180. The third kappa shape index (κ3) is 3.10. The Kier molecular flexibility index (Phi) is 4.12. The van der Waals surface area contributed by atoms with Crippen molar-refractivity contribution in [2.24, 2.45) is 0 Å². The van der Waals surface area contributed by atoms with Gasteiger partial charge < -0.3 is 15.2 Å². The van der Waals surface area contributed by atoms with Gasteiger partial charge in [-0.15, -0.1) is 0 Å². The van der Waals surface area contributed by atoms with E-state index in [0.29, 0.717) is 16.7 Å². The van der Waals surface area contributed by atoms with E-state index in [1.807, 2.05) is 0 Å². The topological polar surface area (TPSA) is 68.3 Å². The lowest BCUT2D eigenvalue weighted by molar-refractivity contribution is -0.128. The van der Waals surface area contributed by atoms with E-state index in [1.165, 1.54) is 15.7 Å². The first-order valence-corrected chi connectivity index (χ1v) is 5.56. The fraction of sp³-hybridized carbons (Fsp3) is 0.400. The lowest BCUT2D eigenvalue weighted by Crippen LogP contribution is -2.26. The van der Waals surface area contributed by atoms with Gasteiger partial charge in [0.1, 0.15) is 0 Å². The molecule has 0 saturated carbocycles. The number of hydrogen-bond acceptors (Lipinski definition) is 3. The van der Waals surface area contributed by atoms with Gasteiger partial charge in [0, 0.05) is 38.9 Å². The number of carbonyl (C=O) groups is 1. The zero-order valence-corrected chi connectivity index (χ0v) is 10.8. The van der Waals surface area contributed by atoms with Gasteiger partial charge >= 0.3 is 0 Å². The quantitative estimate of drug-likeness (QED) is 0.889. The molecule has 16 heavy (non-hydrogen) atoms. The molecule has 0 aliphatic heterocycles. The van der Waals surface area contributed by atoms with Crippen molar-refractivity contribution in [2.45, 2.75) is 13.0 Å². The molecule has 0 unspecified atom stereocenters. The van der Waals surface area contributed by atoms with Crippen LogP contribution in [0.1, 0.15) is 6.42 Å². The lowest BCUT2D eigenvalue weighted by Gasteiger charge is -2.11. The summed E-state index contributed by atoms with van der Waals surface area (Å²) >= 11 is 3.12. The molecule has 1 heterocycles. The molecule has 0 bridgehead atoms. The van der Waals surface area contributed by atoms with Crippen molar-refractivity contribution in [3.63, 3.8) is 0 Å². The molecule has 0 aromatic carbocycles. The Bertz CT molecular complexity index is 454. The summed E-state index contributed by atoms with van der Waals surface area (Å²) in [4.78, 5) is 24.5. The summed E-state index contributed by atoms with van der Waals surface area (Å²) < 4.78 is 1.84. The van der Waals surface area contributed by atoms with Crippen LogP contribution in [-0.4, -0.2) is 29.5 Å². The summed E-state index contributed by atoms with van der Waals surface area (Å²) in [6.45, 7) is 0.333. The molecule has 0 aliphatic carbocycles. The van der Waals surface area contributed by atoms with E-state index in [9.17, 15) is 9.59 Å². The van der Waals surface area contributed by atoms with Crippen molar-refractivity contribution < 1.29 is 4.79 Å². The highest BCUT2D eigenvalue weighted by Crippen LogP contribution is 2.08. The molecule has 1 rings (SSSR count). The van der Waals surface area contributed by atoms with Gasteiger partial charge in [-0.3, -0.25) is 9.59 Å².